The minimum atomic E-state index is -0.964. The van der Waals surface area contributed by atoms with Crippen LogP contribution in [-0.4, -0.2) is 13.1 Å². The second-order valence-electron chi connectivity index (χ2n) is 4.34. The molecule has 1 aromatic rings. The van der Waals surface area contributed by atoms with Gasteiger partial charge in [-0.2, -0.15) is 0 Å². The van der Waals surface area contributed by atoms with Gasteiger partial charge in [-0.1, -0.05) is 26.0 Å². The average Bonchev–Trinajstić information content (AvgIpc) is 2.28. The summed E-state index contributed by atoms with van der Waals surface area (Å²) in [6.45, 7) is 5.00. The molecule has 1 rings (SSSR count). The summed E-state index contributed by atoms with van der Waals surface area (Å²) in [7, 11) is 1.24. The van der Waals surface area contributed by atoms with Gasteiger partial charge in [-0.05, 0) is 18.4 Å². The van der Waals surface area contributed by atoms with Crippen LogP contribution in [0.1, 0.15) is 30.9 Å². The van der Waals surface area contributed by atoms with E-state index in [1.165, 1.54) is 26.2 Å². The predicted octanol–water partition coefficient (Wildman–Crippen LogP) is 3.19. The van der Waals surface area contributed by atoms with Gasteiger partial charge in [0, 0.05) is 5.56 Å². The highest BCUT2D eigenvalue weighted by Crippen LogP contribution is 2.29. The number of aryl methyl sites for hydroxylation is 1. The van der Waals surface area contributed by atoms with Crippen LogP contribution in [0, 0.1) is 24.5 Å². The lowest BCUT2D eigenvalue weighted by atomic mass is 9.87. The third kappa shape index (κ3) is 2.62. The maximum Gasteiger partial charge on any atom is 0.313 e. The van der Waals surface area contributed by atoms with Gasteiger partial charge in [-0.25, -0.2) is 8.78 Å². The van der Waals surface area contributed by atoms with E-state index in [0.29, 0.717) is 0 Å². The van der Waals surface area contributed by atoms with Crippen molar-refractivity contribution in [3.63, 3.8) is 0 Å². The smallest absolute Gasteiger partial charge is 0.313 e. The Morgan fingerprint density at radius 3 is 2.29 bits per heavy atom. The van der Waals surface area contributed by atoms with E-state index >= 15 is 0 Å². The van der Waals surface area contributed by atoms with Crippen LogP contribution in [0.25, 0.3) is 0 Å². The predicted molar refractivity (Wildman–Crippen MR) is 60.7 cm³/mol. The molecular weight excluding hydrogens is 226 g/mol. The number of hydrogen-bond donors (Lipinski definition) is 0. The summed E-state index contributed by atoms with van der Waals surface area (Å²) in [5.41, 5.74) is 0.272. The van der Waals surface area contributed by atoms with Crippen LogP contribution >= 0.6 is 0 Å². The number of benzene rings is 1. The van der Waals surface area contributed by atoms with Crippen molar-refractivity contribution in [3.8, 4) is 0 Å². The van der Waals surface area contributed by atoms with Crippen LogP contribution in [-0.2, 0) is 9.53 Å². The topological polar surface area (TPSA) is 26.3 Å². The largest absolute Gasteiger partial charge is 0.469 e. The molecule has 0 N–H and O–H groups in total. The van der Waals surface area contributed by atoms with E-state index in [1.807, 2.05) is 0 Å². The van der Waals surface area contributed by atoms with Gasteiger partial charge in [0.05, 0.1) is 13.0 Å². The fraction of sp³-hybridized carbons (Fsp3) is 0.462. The molecule has 0 aliphatic heterocycles. The van der Waals surface area contributed by atoms with Crippen LogP contribution in [0.4, 0.5) is 8.78 Å². The van der Waals surface area contributed by atoms with Crippen LogP contribution in [0.15, 0.2) is 12.1 Å². The Labute approximate surface area is 99.6 Å². The molecule has 4 heteroatoms. The molecule has 0 saturated carbocycles. The summed E-state index contributed by atoms with van der Waals surface area (Å²) < 4.78 is 31.9. The van der Waals surface area contributed by atoms with Gasteiger partial charge in [-0.15, -0.1) is 0 Å². The standard InChI is InChI=1S/C13H16F2O2/c1-7(2)10(13(16)17-4)9-6-5-8(3)11(14)12(9)15/h5-7,10H,1-4H3. The van der Waals surface area contributed by atoms with Crippen LogP contribution < -0.4 is 0 Å². The number of esters is 1. The minimum Gasteiger partial charge on any atom is -0.469 e. The Kier molecular flexibility index (Phi) is 4.21. The van der Waals surface area contributed by atoms with E-state index < -0.39 is 23.5 Å². The molecular formula is C13H16F2O2. The molecule has 0 saturated heterocycles. The van der Waals surface area contributed by atoms with Gasteiger partial charge in [0.2, 0.25) is 0 Å². The average molecular weight is 242 g/mol. The van der Waals surface area contributed by atoms with Crippen molar-refractivity contribution >= 4 is 5.97 Å². The first-order chi connectivity index (χ1) is 7.90. The van der Waals surface area contributed by atoms with E-state index in [0.717, 1.165) is 0 Å². The zero-order valence-corrected chi connectivity index (χ0v) is 10.4. The van der Waals surface area contributed by atoms with Crippen molar-refractivity contribution in [2.24, 2.45) is 5.92 Å². The molecule has 0 amide bonds. The molecule has 0 bridgehead atoms. The minimum absolute atomic E-state index is 0.0509. The first kappa shape index (κ1) is 13.6. The summed E-state index contributed by atoms with van der Waals surface area (Å²) in [6, 6.07) is 2.90. The number of ether oxygens (including phenoxy) is 1. The number of halogens is 2. The van der Waals surface area contributed by atoms with Gasteiger partial charge in [0.1, 0.15) is 0 Å². The van der Waals surface area contributed by atoms with E-state index in [2.05, 4.69) is 4.74 Å². The fourth-order valence-electron chi connectivity index (χ4n) is 1.79. The first-order valence-electron chi connectivity index (χ1n) is 5.42. The van der Waals surface area contributed by atoms with Crippen molar-refractivity contribution in [2.45, 2.75) is 26.7 Å². The maximum atomic E-state index is 13.8. The van der Waals surface area contributed by atoms with E-state index in [4.69, 9.17) is 0 Å². The molecule has 0 fully saturated rings. The molecule has 2 nitrogen and oxygen atoms in total. The molecule has 0 radical (unpaired) electrons. The summed E-state index contributed by atoms with van der Waals surface area (Å²) in [4.78, 5) is 11.6. The summed E-state index contributed by atoms with van der Waals surface area (Å²) in [5.74, 6) is -3.37. The molecule has 17 heavy (non-hydrogen) atoms. The first-order valence-corrected chi connectivity index (χ1v) is 5.42. The second kappa shape index (κ2) is 5.25. The summed E-state index contributed by atoms with van der Waals surface area (Å²) in [6.07, 6.45) is 0. The monoisotopic (exact) mass is 242 g/mol. The molecule has 1 atom stereocenters. The molecule has 94 valence electrons. The number of carbonyl (C=O) groups is 1. The zero-order valence-electron chi connectivity index (χ0n) is 10.4. The zero-order chi connectivity index (χ0) is 13.2. The fourth-order valence-corrected chi connectivity index (χ4v) is 1.79. The van der Waals surface area contributed by atoms with Crippen LogP contribution in [0.3, 0.4) is 0 Å². The van der Waals surface area contributed by atoms with Gasteiger partial charge in [-0.3, -0.25) is 4.79 Å². The number of rotatable bonds is 3. The summed E-state index contributed by atoms with van der Waals surface area (Å²) >= 11 is 0. The molecule has 1 aromatic carbocycles. The lowest BCUT2D eigenvalue weighted by molar-refractivity contribution is -0.143. The van der Waals surface area contributed by atoms with Gasteiger partial charge >= 0.3 is 5.97 Å². The van der Waals surface area contributed by atoms with Crippen molar-refractivity contribution < 1.29 is 18.3 Å². The molecule has 0 aliphatic rings. The maximum absolute atomic E-state index is 13.8. The van der Waals surface area contributed by atoms with Crippen molar-refractivity contribution in [2.75, 3.05) is 7.11 Å². The second-order valence-corrected chi connectivity index (χ2v) is 4.34. The quantitative estimate of drug-likeness (QED) is 0.761. The highest BCUT2D eigenvalue weighted by molar-refractivity contribution is 5.78. The van der Waals surface area contributed by atoms with Crippen molar-refractivity contribution in [1.82, 2.24) is 0 Å². The highest BCUT2D eigenvalue weighted by atomic mass is 19.2. The third-order valence-corrected chi connectivity index (χ3v) is 2.76. The SMILES string of the molecule is COC(=O)C(c1ccc(C)c(F)c1F)C(C)C. The number of carbonyl (C=O) groups excluding carboxylic acids is 1. The van der Waals surface area contributed by atoms with Crippen LogP contribution in [0.5, 0.6) is 0 Å². The number of methoxy groups -OCH3 is 1. The Bertz CT molecular complexity index is 428. The Morgan fingerprint density at radius 2 is 1.82 bits per heavy atom. The molecule has 0 heterocycles. The van der Waals surface area contributed by atoms with Gasteiger partial charge in [0.15, 0.2) is 11.6 Å². The molecule has 0 spiro atoms. The molecule has 1 unspecified atom stereocenters. The number of hydrogen-bond acceptors (Lipinski definition) is 2. The lowest BCUT2D eigenvalue weighted by Crippen LogP contribution is -2.21. The van der Waals surface area contributed by atoms with Crippen molar-refractivity contribution in [1.29, 1.82) is 0 Å². The van der Waals surface area contributed by atoms with E-state index in [9.17, 15) is 13.6 Å². The van der Waals surface area contributed by atoms with Crippen molar-refractivity contribution in [3.05, 3.63) is 34.9 Å². The van der Waals surface area contributed by atoms with E-state index in [-0.39, 0.29) is 17.0 Å². The Morgan fingerprint density at radius 1 is 1.24 bits per heavy atom. The highest BCUT2D eigenvalue weighted by Gasteiger charge is 2.29. The lowest BCUT2D eigenvalue weighted by Gasteiger charge is -2.19. The summed E-state index contributed by atoms with van der Waals surface area (Å²) in [5, 5.41) is 0. The van der Waals surface area contributed by atoms with Gasteiger partial charge in [0.25, 0.3) is 0 Å². The third-order valence-electron chi connectivity index (χ3n) is 2.76. The molecule has 0 aromatic heterocycles. The van der Waals surface area contributed by atoms with Gasteiger partial charge < -0.3 is 4.74 Å². The molecule has 0 aliphatic carbocycles. The Hall–Kier alpha value is -1.45. The normalized spacial score (nSPS) is 12.6. The van der Waals surface area contributed by atoms with Crippen LogP contribution in [0.2, 0.25) is 0 Å². The Balaban J connectivity index is 3.29. The van der Waals surface area contributed by atoms with E-state index in [1.54, 1.807) is 13.8 Å².